The van der Waals surface area contributed by atoms with Crippen molar-refractivity contribution in [2.75, 3.05) is 44.2 Å². The van der Waals surface area contributed by atoms with Crippen LogP contribution in [0.4, 0.5) is 5.69 Å². The number of hydrogen-bond donors (Lipinski definition) is 1. The van der Waals surface area contributed by atoms with Crippen molar-refractivity contribution < 1.29 is 4.79 Å². The van der Waals surface area contributed by atoms with Crippen LogP contribution in [0, 0.1) is 0 Å². The van der Waals surface area contributed by atoms with E-state index in [1.54, 1.807) is 0 Å². The minimum atomic E-state index is 0.274. The Hall–Kier alpha value is -1.55. The highest BCUT2D eigenvalue weighted by Gasteiger charge is 2.16. The van der Waals surface area contributed by atoms with Crippen molar-refractivity contribution in [3.63, 3.8) is 0 Å². The molecule has 1 N–H and O–H groups in total. The second-order valence-electron chi connectivity index (χ2n) is 4.80. The molecule has 0 saturated carbocycles. The van der Waals surface area contributed by atoms with Gasteiger partial charge in [0.05, 0.1) is 0 Å². The lowest BCUT2D eigenvalue weighted by atomic mass is 10.2. The van der Waals surface area contributed by atoms with Crippen LogP contribution in [-0.2, 0) is 4.79 Å². The number of benzene rings is 1. The van der Waals surface area contributed by atoms with Crippen molar-refractivity contribution in [1.29, 1.82) is 0 Å². The van der Waals surface area contributed by atoms with E-state index in [1.165, 1.54) is 5.69 Å². The third-order valence-corrected chi connectivity index (χ3v) is 3.57. The molecule has 19 heavy (non-hydrogen) atoms. The smallest absolute Gasteiger partial charge is 0.224 e. The van der Waals surface area contributed by atoms with Crippen LogP contribution in [0.1, 0.15) is 13.3 Å². The van der Waals surface area contributed by atoms with Crippen molar-refractivity contribution >= 4 is 11.6 Å². The topological polar surface area (TPSA) is 35.6 Å². The Labute approximate surface area is 115 Å². The van der Waals surface area contributed by atoms with Crippen LogP contribution < -0.4 is 10.2 Å². The first-order valence-electron chi connectivity index (χ1n) is 7.09. The lowest BCUT2D eigenvalue weighted by molar-refractivity contribution is -0.131. The van der Waals surface area contributed by atoms with E-state index >= 15 is 0 Å². The lowest BCUT2D eigenvalue weighted by Crippen LogP contribution is -2.47. The minimum absolute atomic E-state index is 0.274. The van der Waals surface area contributed by atoms with Gasteiger partial charge in [-0.15, -0.1) is 0 Å². The van der Waals surface area contributed by atoms with Gasteiger partial charge >= 0.3 is 0 Å². The molecule has 4 heteroatoms. The first kappa shape index (κ1) is 13.9. The summed E-state index contributed by atoms with van der Waals surface area (Å²) in [5.41, 5.74) is 1.19. The first-order valence-corrected chi connectivity index (χ1v) is 7.09. The van der Waals surface area contributed by atoms with Crippen molar-refractivity contribution in [3.05, 3.63) is 30.3 Å². The molecule has 1 aliphatic rings. The summed E-state index contributed by atoms with van der Waals surface area (Å²) < 4.78 is 0. The molecule has 0 unspecified atom stereocenters. The predicted octanol–water partition coefficient (Wildman–Crippen LogP) is 1.33. The number of hydrogen-bond acceptors (Lipinski definition) is 3. The monoisotopic (exact) mass is 261 g/mol. The molecule has 1 aliphatic heterocycles. The SMILES string of the molecule is CCN(CCC(=O)N1CCNCC1)c1ccccc1. The fraction of sp³-hybridized carbons (Fsp3) is 0.533. The van der Waals surface area contributed by atoms with Gasteiger partial charge in [-0.25, -0.2) is 0 Å². The molecule has 4 nitrogen and oxygen atoms in total. The number of para-hydroxylation sites is 1. The highest BCUT2D eigenvalue weighted by molar-refractivity contribution is 5.77. The van der Waals surface area contributed by atoms with E-state index < -0.39 is 0 Å². The Morgan fingerprint density at radius 1 is 1.26 bits per heavy atom. The summed E-state index contributed by atoms with van der Waals surface area (Å²) in [7, 11) is 0. The molecule has 0 aromatic heterocycles. The van der Waals surface area contributed by atoms with Crippen LogP contribution in [0.25, 0.3) is 0 Å². The van der Waals surface area contributed by atoms with Crippen molar-refractivity contribution in [3.8, 4) is 0 Å². The van der Waals surface area contributed by atoms with Gasteiger partial charge in [-0.3, -0.25) is 4.79 Å². The first-order chi connectivity index (χ1) is 9.31. The largest absolute Gasteiger partial charge is 0.371 e. The Kier molecular flexibility index (Phi) is 5.21. The maximum Gasteiger partial charge on any atom is 0.224 e. The lowest BCUT2D eigenvalue weighted by Gasteiger charge is -2.29. The molecule has 0 bridgehead atoms. The molecule has 1 aromatic carbocycles. The molecule has 1 fully saturated rings. The van der Waals surface area contributed by atoms with E-state index in [0.29, 0.717) is 6.42 Å². The van der Waals surface area contributed by atoms with E-state index in [1.807, 2.05) is 23.1 Å². The molecule has 1 heterocycles. The summed E-state index contributed by atoms with van der Waals surface area (Å²) in [5.74, 6) is 0.274. The van der Waals surface area contributed by atoms with Gasteiger partial charge in [0.25, 0.3) is 0 Å². The summed E-state index contributed by atoms with van der Waals surface area (Å²) in [6.45, 7) is 7.38. The number of carbonyl (C=O) groups excluding carboxylic acids is 1. The van der Waals surface area contributed by atoms with E-state index in [4.69, 9.17) is 0 Å². The van der Waals surface area contributed by atoms with E-state index in [2.05, 4.69) is 29.3 Å². The van der Waals surface area contributed by atoms with Crippen LogP contribution in [0.5, 0.6) is 0 Å². The van der Waals surface area contributed by atoms with Crippen molar-refractivity contribution in [2.24, 2.45) is 0 Å². The van der Waals surface area contributed by atoms with Gasteiger partial charge in [0.1, 0.15) is 0 Å². The molecule has 104 valence electrons. The molecule has 1 amide bonds. The highest BCUT2D eigenvalue weighted by atomic mass is 16.2. The zero-order chi connectivity index (χ0) is 13.5. The number of carbonyl (C=O) groups is 1. The van der Waals surface area contributed by atoms with E-state index in [0.717, 1.165) is 39.3 Å². The third-order valence-electron chi connectivity index (χ3n) is 3.57. The summed E-state index contributed by atoms with van der Waals surface area (Å²) in [6.07, 6.45) is 0.600. The van der Waals surface area contributed by atoms with Gasteiger partial charge in [0.15, 0.2) is 0 Å². The zero-order valence-electron chi connectivity index (χ0n) is 11.6. The van der Waals surface area contributed by atoms with Gasteiger partial charge in [-0.05, 0) is 19.1 Å². The maximum atomic E-state index is 12.1. The number of anilines is 1. The molecule has 0 atom stereocenters. The second-order valence-corrected chi connectivity index (χ2v) is 4.80. The Morgan fingerprint density at radius 3 is 2.58 bits per heavy atom. The van der Waals surface area contributed by atoms with Gasteiger partial charge < -0.3 is 15.1 Å². The molecule has 0 spiro atoms. The maximum absolute atomic E-state index is 12.1. The molecule has 1 saturated heterocycles. The Balaban J connectivity index is 1.84. The van der Waals surface area contributed by atoms with Crippen molar-refractivity contribution in [1.82, 2.24) is 10.2 Å². The van der Waals surface area contributed by atoms with Gasteiger partial charge in [-0.2, -0.15) is 0 Å². The summed E-state index contributed by atoms with van der Waals surface area (Å²) in [5, 5.41) is 3.27. The van der Waals surface area contributed by atoms with Crippen LogP contribution in [0.3, 0.4) is 0 Å². The number of nitrogens with zero attached hydrogens (tertiary/aromatic N) is 2. The molecule has 0 radical (unpaired) electrons. The molecule has 1 aromatic rings. The van der Waals surface area contributed by atoms with Gasteiger partial charge in [-0.1, -0.05) is 18.2 Å². The number of nitrogens with one attached hydrogen (secondary N) is 1. The van der Waals surface area contributed by atoms with E-state index in [-0.39, 0.29) is 5.91 Å². The number of piperazine rings is 1. The van der Waals surface area contributed by atoms with Gasteiger partial charge in [0.2, 0.25) is 5.91 Å². The summed E-state index contributed by atoms with van der Waals surface area (Å²) in [4.78, 5) is 16.3. The molecule has 0 aliphatic carbocycles. The molecular formula is C15H23N3O. The summed E-state index contributed by atoms with van der Waals surface area (Å²) >= 11 is 0. The highest BCUT2D eigenvalue weighted by Crippen LogP contribution is 2.13. The average molecular weight is 261 g/mol. The van der Waals surface area contributed by atoms with Crippen LogP contribution in [-0.4, -0.2) is 50.1 Å². The standard InChI is InChI=1S/C15H23N3O/c1-2-17(14-6-4-3-5-7-14)11-8-15(19)18-12-9-16-10-13-18/h3-7,16H,2,8-13H2,1H3. The fourth-order valence-corrected chi connectivity index (χ4v) is 2.41. The molecular weight excluding hydrogens is 238 g/mol. The van der Waals surface area contributed by atoms with Crippen LogP contribution in [0.2, 0.25) is 0 Å². The zero-order valence-corrected chi connectivity index (χ0v) is 11.6. The van der Waals surface area contributed by atoms with Crippen LogP contribution >= 0.6 is 0 Å². The number of amides is 1. The van der Waals surface area contributed by atoms with E-state index in [9.17, 15) is 4.79 Å². The molecule has 2 rings (SSSR count). The average Bonchev–Trinajstić information content (AvgIpc) is 2.49. The normalized spacial score (nSPS) is 15.3. The van der Waals surface area contributed by atoms with Crippen LogP contribution in [0.15, 0.2) is 30.3 Å². The quantitative estimate of drug-likeness (QED) is 0.868. The fourth-order valence-electron chi connectivity index (χ4n) is 2.41. The van der Waals surface area contributed by atoms with Crippen molar-refractivity contribution in [2.45, 2.75) is 13.3 Å². The third kappa shape index (κ3) is 3.96. The predicted molar refractivity (Wildman–Crippen MR) is 78.4 cm³/mol. The number of rotatable bonds is 5. The Morgan fingerprint density at radius 2 is 1.95 bits per heavy atom. The van der Waals surface area contributed by atoms with Gasteiger partial charge in [0, 0.05) is 51.4 Å². The Bertz CT molecular complexity index is 388. The second kappa shape index (κ2) is 7.14. The minimum Gasteiger partial charge on any atom is -0.371 e. The summed E-state index contributed by atoms with van der Waals surface area (Å²) in [6, 6.07) is 10.3.